The highest BCUT2D eigenvalue weighted by Crippen LogP contribution is 2.26. The molecule has 24 heavy (non-hydrogen) atoms. The smallest absolute Gasteiger partial charge is 0.273 e. The van der Waals surface area contributed by atoms with Gasteiger partial charge in [-0.3, -0.25) is 20.2 Å². The zero-order valence-corrected chi connectivity index (χ0v) is 13.0. The van der Waals surface area contributed by atoms with Gasteiger partial charge in [0.15, 0.2) is 0 Å². The molecule has 10 nitrogen and oxygen atoms in total. The third kappa shape index (κ3) is 4.73. The summed E-state index contributed by atoms with van der Waals surface area (Å²) in [6, 6.07) is 8.13. The first kappa shape index (κ1) is 18.5. The number of non-ortho nitro benzene ring substituents is 2. The van der Waals surface area contributed by atoms with E-state index in [1.165, 1.54) is 50.6 Å². The fraction of sp³-hybridized carbons (Fsp3) is 0.143. The highest BCUT2D eigenvalue weighted by atomic mass is 16.6. The van der Waals surface area contributed by atoms with Crippen molar-refractivity contribution in [2.75, 3.05) is 25.7 Å². The molecule has 0 amide bonds. The van der Waals surface area contributed by atoms with Gasteiger partial charge in [-0.1, -0.05) is 0 Å². The van der Waals surface area contributed by atoms with E-state index in [2.05, 4.69) is 0 Å². The lowest BCUT2D eigenvalue weighted by molar-refractivity contribution is -0.385. The molecule has 10 heteroatoms. The minimum atomic E-state index is -0.504. The first-order valence-corrected chi connectivity index (χ1v) is 6.46. The zero-order valence-electron chi connectivity index (χ0n) is 13.0. The number of hydrogen-bond donors (Lipinski definition) is 2. The number of nitrogens with two attached hydrogens (primary N) is 2. The van der Waals surface area contributed by atoms with Crippen LogP contribution in [0.2, 0.25) is 0 Å². The van der Waals surface area contributed by atoms with Crippen LogP contribution in [0.4, 0.5) is 22.7 Å². The van der Waals surface area contributed by atoms with E-state index >= 15 is 0 Å². The summed E-state index contributed by atoms with van der Waals surface area (Å²) in [7, 11) is 2.87. The molecule has 0 saturated heterocycles. The maximum atomic E-state index is 10.3. The Balaban J connectivity index is 0.000000240. The van der Waals surface area contributed by atoms with Crippen LogP contribution in [0.5, 0.6) is 11.5 Å². The van der Waals surface area contributed by atoms with Crippen molar-refractivity contribution in [3.8, 4) is 11.5 Å². The largest absolute Gasteiger partial charge is 0.495 e. The fourth-order valence-electron chi connectivity index (χ4n) is 1.65. The van der Waals surface area contributed by atoms with Gasteiger partial charge >= 0.3 is 0 Å². The van der Waals surface area contributed by atoms with Gasteiger partial charge in [-0.15, -0.1) is 0 Å². The van der Waals surface area contributed by atoms with Crippen LogP contribution in [0.25, 0.3) is 0 Å². The van der Waals surface area contributed by atoms with Crippen LogP contribution in [0, 0.1) is 20.2 Å². The second-order valence-electron chi connectivity index (χ2n) is 4.37. The van der Waals surface area contributed by atoms with Crippen LogP contribution < -0.4 is 20.9 Å². The molecule has 0 spiro atoms. The molecule has 0 aromatic heterocycles. The molecule has 0 heterocycles. The number of methoxy groups -OCH3 is 2. The average Bonchev–Trinajstić information content (AvgIpc) is 2.55. The number of nitrogen functional groups attached to an aromatic ring is 2. The van der Waals surface area contributed by atoms with Gasteiger partial charge in [0.2, 0.25) is 0 Å². The Morgan fingerprint density at radius 1 is 0.792 bits per heavy atom. The summed E-state index contributed by atoms with van der Waals surface area (Å²) in [6.45, 7) is 0. The van der Waals surface area contributed by atoms with Crippen molar-refractivity contribution in [2.45, 2.75) is 0 Å². The lowest BCUT2D eigenvalue weighted by Crippen LogP contribution is -1.94. The highest BCUT2D eigenvalue weighted by Gasteiger charge is 2.09. The molecule has 0 fully saturated rings. The molecular weight excluding hydrogens is 320 g/mol. The van der Waals surface area contributed by atoms with Crippen LogP contribution >= 0.6 is 0 Å². The van der Waals surface area contributed by atoms with E-state index < -0.39 is 9.85 Å². The van der Waals surface area contributed by atoms with Crippen molar-refractivity contribution in [2.24, 2.45) is 0 Å². The Labute approximate surface area is 136 Å². The standard InChI is InChI=1S/2C7H8N2O3/c1-12-7-3-2-5(9(10)11)4-6(7)8;1-12-7-4-5(9(10)11)2-3-6(7)8/h2*2-4H,8H2,1H3. The summed E-state index contributed by atoms with van der Waals surface area (Å²) in [5.41, 5.74) is 11.5. The van der Waals surface area contributed by atoms with Crippen molar-refractivity contribution in [1.29, 1.82) is 0 Å². The Bertz CT molecular complexity index is 750. The third-order valence-electron chi connectivity index (χ3n) is 2.85. The number of rotatable bonds is 4. The summed E-state index contributed by atoms with van der Waals surface area (Å²) >= 11 is 0. The summed E-state index contributed by atoms with van der Waals surface area (Å²) < 4.78 is 9.64. The normalized spacial score (nSPS) is 9.42. The predicted molar refractivity (Wildman–Crippen MR) is 88.1 cm³/mol. The van der Waals surface area contributed by atoms with Gasteiger partial charge in [0.05, 0.1) is 41.5 Å². The van der Waals surface area contributed by atoms with Crippen LogP contribution in [0.3, 0.4) is 0 Å². The van der Waals surface area contributed by atoms with Crippen LogP contribution in [-0.2, 0) is 0 Å². The van der Waals surface area contributed by atoms with Crippen LogP contribution in [0.15, 0.2) is 36.4 Å². The highest BCUT2D eigenvalue weighted by molar-refractivity contribution is 5.58. The van der Waals surface area contributed by atoms with Crippen LogP contribution in [-0.4, -0.2) is 24.1 Å². The second-order valence-corrected chi connectivity index (χ2v) is 4.37. The topological polar surface area (TPSA) is 157 Å². The van der Waals surface area contributed by atoms with Gasteiger partial charge in [0.25, 0.3) is 11.4 Å². The van der Waals surface area contributed by atoms with E-state index in [4.69, 9.17) is 20.9 Å². The van der Waals surface area contributed by atoms with Crippen molar-refractivity contribution in [1.82, 2.24) is 0 Å². The molecule has 0 saturated carbocycles. The molecular formula is C14H16N4O6. The van der Waals surface area contributed by atoms with Crippen LogP contribution in [0.1, 0.15) is 0 Å². The van der Waals surface area contributed by atoms with E-state index in [9.17, 15) is 20.2 Å². The van der Waals surface area contributed by atoms with Crippen molar-refractivity contribution in [3.63, 3.8) is 0 Å². The SMILES string of the molecule is COc1cc([N+](=O)[O-])ccc1N.COc1ccc([N+](=O)[O-])cc1N. The molecule has 0 aliphatic carbocycles. The molecule has 2 aromatic carbocycles. The Hall–Kier alpha value is -3.56. The van der Waals surface area contributed by atoms with Gasteiger partial charge in [0.1, 0.15) is 11.5 Å². The van der Waals surface area contributed by atoms with E-state index in [1.807, 2.05) is 0 Å². The first-order valence-electron chi connectivity index (χ1n) is 6.46. The summed E-state index contributed by atoms with van der Waals surface area (Å²) in [6.07, 6.45) is 0. The number of hydrogen-bond acceptors (Lipinski definition) is 8. The van der Waals surface area contributed by atoms with Crippen molar-refractivity contribution < 1.29 is 19.3 Å². The molecule has 0 aliphatic rings. The molecule has 0 aliphatic heterocycles. The Morgan fingerprint density at radius 3 is 1.75 bits per heavy atom. The molecule has 0 atom stereocenters. The fourth-order valence-corrected chi connectivity index (χ4v) is 1.65. The zero-order chi connectivity index (χ0) is 18.3. The minimum absolute atomic E-state index is 0.0268. The number of ether oxygens (including phenoxy) is 2. The predicted octanol–water partition coefficient (Wildman–Crippen LogP) is 2.37. The molecule has 2 aromatic rings. The number of benzene rings is 2. The average molecular weight is 336 g/mol. The van der Waals surface area contributed by atoms with E-state index in [-0.39, 0.29) is 17.1 Å². The van der Waals surface area contributed by atoms with Gasteiger partial charge in [0, 0.05) is 18.2 Å². The molecule has 0 radical (unpaired) electrons. The van der Waals surface area contributed by atoms with Gasteiger partial charge in [-0.2, -0.15) is 0 Å². The second kappa shape index (κ2) is 8.17. The summed E-state index contributed by atoms with van der Waals surface area (Å²) in [5.74, 6) is 0.768. The summed E-state index contributed by atoms with van der Waals surface area (Å²) in [5, 5.41) is 20.6. The molecule has 2 rings (SSSR count). The van der Waals surface area contributed by atoms with E-state index in [0.717, 1.165) is 0 Å². The Kier molecular flexibility index (Phi) is 6.30. The summed E-state index contributed by atoms with van der Waals surface area (Å²) in [4.78, 5) is 19.5. The van der Waals surface area contributed by atoms with Gasteiger partial charge < -0.3 is 20.9 Å². The maximum Gasteiger partial charge on any atom is 0.273 e. The number of nitro groups is 2. The molecule has 4 N–H and O–H groups in total. The number of anilines is 2. The maximum absolute atomic E-state index is 10.3. The number of nitrogens with zero attached hydrogens (tertiary/aromatic N) is 2. The quantitative estimate of drug-likeness (QED) is 0.489. The lowest BCUT2D eigenvalue weighted by atomic mass is 10.2. The first-order chi connectivity index (χ1) is 11.3. The minimum Gasteiger partial charge on any atom is -0.495 e. The van der Waals surface area contributed by atoms with Gasteiger partial charge in [-0.05, 0) is 12.1 Å². The lowest BCUT2D eigenvalue weighted by Gasteiger charge is -2.02. The van der Waals surface area contributed by atoms with Crippen molar-refractivity contribution >= 4 is 22.7 Å². The van der Waals surface area contributed by atoms with E-state index in [0.29, 0.717) is 17.2 Å². The van der Waals surface area contributed by atoms with Crippen molar-refractivity contribution in [3.05, 3.63) is 56.6 Å². The molecule has 128 valence electrons. The Morgan fingerprint density at radius 2 is 1.29 bits per heavy atom. The molecule has 0 bridgehead atoms. The monoisotopic (exact) mass is 336 g/mol. The van der Waals surface area contributed by atoms with E-state index in [1.54, 1.807) is 0 Å². The number of nitro benzene ring substituents is 2. The molecule has 0 unspecified atom stereocenters. The van der Waals surface area contributed by atoms with Gasteiger partial charge in [-0.25, -0.2) is 0 Å². The third-order valence-corrected chi connectivity index (χ3v) is 2.85.